The maximum atomic E-state index is 12.0. The van der Waals surface area contributed by atoms with E-state index in [1.165, 1.54) is 12.0 Å². The molecule has 2 N–H and O–H groups in total. The minimum Gasteiger partial charge on any atom is -0.481 e. The number of esters is 1. The monoisotopic (exact) mass is 469 g/mol. The van der Waals surface area contributed by atoms with Crippen LogP contribution in [0.15, 0.2) is 36.5 Å². The minimum atomic E-state index is -0.268. The average Bonchev–Trinajstić information content (AvgIpc) is 2.84. The lowest BCUT2D eigenvalue weighted by atomic mass is 9.98. The van der Waals surface area contributed by atoms with Crippen molar-refractivity contribution in [3.05, 3.63) is 47.8 Å². The highest BCUT2D eigenvalue weighted by atomic mass is 16.5. The van der Waals surface area contributed by atoms with E-state index in [1.807, 2.05) is 12.1 Å². The summed E-state index contributed by atoms with van der Waals surface area (Å²) >= 11 is 0. The summed E-state index contributed by atoms with van der Waals surface area (Å²) in [6.07, 6.45) is 5.10. The van der Waals surface area contributed by atoms with E-state index >= 15 is 0 Å². The van der Waals surface area contributed by atoms with Crippen LogP contribution >= 0.6 is 0 Å². The molecule has 2 aliphatic rings. The molecule has 0 bridgehead atoms. The maximum Gasteiger partial charge on any atom is 0.307 e. The van der Waals surface area contributed by atoms with E-state index in [1.54, 1.807) is 26.3 Å². The molecule has 1 amide bonds. The summed E-state index contributed by atoms with van der Waals surface area (Å²) in [7, 11) is 1.60. The Labute approximate surface area is 201 Å². The van der Waals surface area contributed by atoms with Gasteiger partial charge in [-0.25, -0.2) is 9.97 Å². The first-order chi connectivity index (χ1) is 16.6. The van der Waals surface area contributed by atoms with Crippen molar-refractivity contribution in [3.63, 3.8) is 0 Å². The van der Waals surface area contributed by atoms with Crippen molar-refractivity contribution in [1.29, 1.82) is 0 Å². The number of ether oxygens (including phenoxy) is 2. The Balaban J connectivity index is 0.000000343. The van der Waals surface area contributed by atoms with Gasteiger partial charge in [-0.15, -0.1) is 0 Å². The van der Waals surface area contributed by atoms with Crippen LogP contribution in [0.3, 0.4) is 0 Å². The van der Waals surface area contributed by atoms with Gasteiger partial charge >= 0.3 is 5.97 Å². The molecular formula is C25H35N5O4. The number of carbonyl (C=O) groups is 2. The van der Waals surface area contributed by atoms with Crippen LogP contribution < -0.4 is 15.4 Å². The largest absolute Gasteiger partial charge is 0.481 e. The van der Waals surface area contributed by atoms with E-state index in [0.717, 1.165) is 50.5 Å². The Kier molecular flexibility index (Phi) is 10.1. The van der Waals surface area contributed by atoms with E-state index in [2.05, 4.69) is 32.7 Å². The first-order valence-corrected chi connectivity index (χ1v) is 11.9. The van der Waals surface area contributed by atoms with E-state index in [-0.39, 0.29) is 24.2 Å². The SMILES string of the molecule is CCOC(=O)CCNC(=O)C1CN(CCc2ccc3c(n2)NCCC3)C1.COc1ccccn1. The van der Waals surface area contributed by atoms with Gasteiger partial charge in [0.25, 0.3) is 0 Å². The number of aromatic nitrogens is 2. The number of amides is 1. The third-order valence-corrected chi connectivity index (χ3v) is 5.74. The molecule has 4 heterocycles. The molecule has 0 aromatic carbocycles. The second kappa shape index (κ2) is 13.5. The summed E-state index contributed by atoms with van der Waals surface area (Å²) < 4.78 is 9.64. The quantitative estimate of drug-likeness (QED) is 0.538. The summed E-state index contributed by atoms with van der Waals surface area (Å²) in [5.74, 6) is 1.48. The van der Waals surface area contributed by atoms with Gasteiger partial charge < -0.3 is 25.0 Å². The maximum absolute atomic E-state index is 12.0. The van der Waals surface area contributed by atoms with Crippen LogP contribution in [0.5, 0.6) is 5.88 Å². The molecule has 9 heteroatoms. The van der Waals surface area contributed by atoms with Crippen molar-refractivity contribution in [3.8, 4) is 5.88 Å². The van der Waals surface area contributed by atoms with Crippen LogP contribution in [0.2, 0.25) is 0 Å². The smallest absolute Gasteiger partial charge is 0.307 e. The van der Waals surface area contributed by atoms with Crippen molar-refractivity contribution in [2.75, 3.05) is 51.8 Å². The Hall–Kier alpha value is -3.20. The van der Waals surface area contributed by atoms with Gasteiger partial charge in [0, 0.05) is 57.1 Å². The highest BCUT2D eigenvalue weighted by Crippen LogP contribution is 2.21. The third kappa shape index (κ3) is 7.98. The van der Waals surface area contributed by atoms with Crippen LogP contribution in [-0.4, -0.2) is 73.2 Å². The number of fused-ring (bicyclic) bond motifs is 1. The highest BCUT2D eigenvalue weighted by molar-refractivity contribution is 5.80. The number of hydrogen-bond acceptors (Lipinski definition) is 8. The number of carbonyl (C=O) groups excluding carboxylic acids is 2. The fourth-order valence-electron chi connectivity index (χ4n) is 3.83. The zero-order valence-electron chi connectivity index (χ0n) is 20.1. The first kappa shape index (κ1) is 25.4. The number of nitrogens with one attached hydrogen (secondary N) is 2. The molecule has 4 rings (SSSR count). The zero-order valence-corrected chi connectivity index (χ0v) is 20.1. The number of anilines is 1. The number of rotatable bonds is 9. The molecule has 2 aromatic heterocycles. The number of hydrogen-bond donors (Lipinski definition) is 2. The Morgan fingerprint density at radius 3 is 2.79 bits per heavy atom. The molecule has 9 nitrogen and oxygen atoms in total. The summed E-state index contributed by atoms with van der Waals surface area (Å²) in [5.41, 5.74) is 2.41. The average molecular weight is 470 g/mol. The summed E-state index contributed by atoms with van der Waals surface area (Å²) in [4.78, 5) is 34.1. The molecule has 34 heavy (non-hydrogen) atoms. The lowest BCUT2D eigenvalue weighted by Gasteiger charge is -2.38. The predicted octanol–water partition coefficient (Wildman–Crippen LogP) is 2.07. The summed E-state index contributed by atoms with van der Waals surface area (Å²) in [5, 5.41) is 6.18. The molecule has 0 aliphatic carbocycles. The number of methoxy groups -OCH3 is 1. The van der Waals surface area contributed by atoms with Crippen LogP contribution in [0.1, 0.15) is 31.0 Å². The lowest BCUT2D eigenvalue weighted by molar-refractivity contribution is -0.143. The molecule has 1 fully saturated rings. The minimum absolute atomic E-state index is 0.0235. The van der Waals surface area contributed by atoms with Crippen molar-refractivity contribution in [1.82, 2.24) is 20.2 Å². The highest BCUT2D eigenvalue weighted by Gasteiger charge is 2.32. The van der Waals surface area contributed by atoms with Crippen molar-refractivity contribution in [2.24, 2.45) is 5.92 Å². The van der Waals surface area contributed by atoms with E-state index in [9.17, 15) is 9.59 Å². The summed E-state index contributed by atoms with van der Waals surface area (Å²) in [6, 6.07) is 9.83. The van der Waals surface area contributed by atoms with Gasteiger partial charge in [0.15, 0.2) is 0 Å². The molecule has 1 saturated heterocycles. The van der Waals surface area contributed by atoms with Crippen molar-refractivity contribution < 1.29 is 19.1 Å². The van der Waals surface area contributed by atoms with E-state index < -0.39 is 0 Å². The molecule has 0 spiro atoms. The van der Waals surface area contributed by atoms with Crippen LogP contribution in [0.4, 0.5) is 5.82 Å². The summed E-state index contributed by atoms with van der Waals surface area (Å²) in [6.45, 7) is 5.96. The lowest BCUT2D eigenvalue weighted by Crippen LogP contribution is -2.54. The van der Waals surface area contributed by atoms with Crippen LogP contribution in [-0.2, 0) is 27.2 Å². The Bertz CT molecular complexity index is 919. The molecule has 0 unspecified atom stereocenters. The third-order valence-electron chi connectivity index (χ3n) is 5.74. The predicted molar refractivity (Wildman–Crippen MR) is 130 cm³/mol. The molecule has 0 saturated carbocycles. The fraction of sp³-hybridized carbons (Fsp3) is 0.520. The van der Waals surface area contributed by atoms with Gasteiger partial charge in [0.05, 0.1) is 26.1 Å². The molecule has 2 aliphatic heterocycles. The van der Waals surface area contributed by atoms with Crippen LogP contribution in [0.25, 0.3) is 0 Å². The van der Waals surface area contributed by atoms with Crippen molar-refractivity contribution >= 4 is 17.7 Å². The second-order valence-corrected chi connectivity index (χ2v) is 8.27. The van der Waals surface area contributed by atoms with Gasteiger partial charge in [-0.2, -0.15) is 0 Å². The fourth-order valence-corrected chi connectivity index (χ4v) is 3.83. The molecule has 0 radical (unpaired) electrons. The van der Waals surface area contributed by atoms with E-state index in [4.69, 9.17) is 14.5 Å². The van der Waals surface area contributed by atoms with E-state index in [0.29, 0.717) is 19.0 Å². The van der Waals surface area contributed by atoms with Gasteiger partial charge in [-0.1, -0.05) is 12.1 Å². The molecule has 184 valence electrons. The van der Waals surface area contributed by atoms with Gasteiger partial charge in [-0.05, 0) is 37.5 Å². The number of pyridine rings is 2. The molecular weight excluding hydrogens is 434 g/mol. The second-order valence-electron chi connectivity index (χ2n) is 8.27. The van der Waals surface area contributed by atoms with Gasteiger partial charge in [0.2, 0.25) is 11.8 Å². The topological polar surface area (TPSA) is 106 Å². The molecule has 2 aromatic rings. The first-order valence-electron chi connectivity index (χ1n) is 11.9. The van der Waals surface area contributed by atoms with Gasteiger partial charge in [-0.3, -0.25) is 9.59 Å². The number of nitrogens with zero attached hydrogens (tertiary/aromatic N) is 3. The zero-order chi connectivity index (χ0) is 24.2. The number of likely N-dealkylation sites (tertiary alicyclic amines) is 1. The Morgan fingerprint density at radius 1 is 1.24 bits per heavy atom. The van der Waals surface area contributed by atoms with Crippen molar-refractivity contribution in [2.45, 2.75) is 32.6 Å². The Morgan fingerprint density at radius 2 is 2.09 bits per heavy atom. The molecule has 0 atom stereocenters. The number of aryl methyl sites for hydroxylation is 1. The van der Waals surface area contributed by atoms with Crippen LogP contribution in [0, 0.1) is 5.92 Å². The normalized spacial score (nSPS) is 15.0. The standard InChI is InChI=1S/C19H28N4O3.C6H7NO/c1-2-26-17(24)7-10-21-19(25)15-12-23(13-15)11-8-16-6-5-14-4-3-9-20-18(14)22-16;1-8-6-4-2-3-5-7-6/h5-6,15H,2-4,7-13H2,1H3,(H,20,22)(H,21,25);2-5H,1H3. The van der Waals surface area contributed by atoms with Gasteiger partial charge in [0.1, 0.15) is 5.82 Å².